The molecule has 2 aromatic rings. The van der Waals surface area contributed by atoms with Crippen LogP contribution in [0.3, 0.4) is 0 Å². The van der Waals surface area contributed by atoms with Gasteiger partial charge in [-0.3, -0.25) is 14.2 Å². The standard InChI is InChI=1S/C13H18ClN5O/c1-8(11-6-18(4)17-9(11)2)16-13(20)7-19-10(3)12(14)5-15-19/h5-6,8H,7H2,1-4H3,(H,16,20). The molecule has 7 heteroatoms. The molecule has 2 rings (SSSR count). The predicted octanol–water partition coefficient (Wildman–Crippen LogP) is 1.76. The summed E-state index contributed by atoms with van der Waals surface area (Å²) in [6, 6.07) is -0.0949. The number of amides is 1. The van der Waals surface area contributed by atoms with E-state index < -0.39 is 0 Å². The van der Waals surface area contributed by atoms with E-state index in [-0.39, 0.29) is 18.5 Å². The summed E-state index contributed by atoms with van der Waals surface area (Å²) in [4.78, 5) is 12.0. The first-order valence-electron chi connectivity index (χ1n) is 6.36. The average molecular weight is 296 g/mol. The average Bonchev–Trinajstić information content (AvgIpc) is 2.85. The summed E-state index contributed by atoms with van der Waals surface area (Å²) >= 11 is 5.91. The van der Waals surface area contributed by atoms with Gasteiger partial charge in [-0.15, -0.1) is 0 Å². The zero-order valence-corrected chi connectivity index (χ0v) is 12.8. The largest absolute Gasteiger partial charge is 0.348 e. The van der Waals surface area contributed by atoms with Crippen LogP contribution in [0.15, 0.2) is 12.4 Å². The minimum absolute atomic E-state index is 0.0949. The number of aryl methyl sites for hydroxylation is 2. The van der Waals surface area contributed by atoms with Crippen LogP contribution in [-0.4, -0.2) is 25.5 Å². The normalized spacial score (nSPS) is 12.4. The monoisotopic (exact) mass is 295 g/mol. The summed E-state index contributed by atoms with van der Waals surface area (Å²) in [5, 5.41) is 11.8. The van der Waals surface area contributed by atoms with Gasteiger partial charge in [0, 0.05) is 18.8 Å². The molecular weight excluding hydrogens is 278 g/mol. The molecule has 0 bridgehead atoms. The highest BCUT2D eigenvalue weighted by atomic mass is 35.5. The fourth-order valence-corrected chi connectivity index (χ4v) is 2.27. The van der Waals surface area contributed by atoms with Crippen molar-refractivity contribution in [3.05, 3.63) is 34.4 Å². The number of carbonyl (C=O) groups excluding carboxylic acids is 1. The number of aromatic nitrogens is 4. The van der Waals surface area contributed by atoms with E-state index in [9.17, 15) is 4.79 Å². The van der Waals surface area contributed by atoms with E-state index >= 15 is 0 Å². The minimum Gasteiger partial charge on any atom is -0.348 e. The maximum absolute atomic E-state index is 12.0. The van der Waals surface area contributed by atoms with Crippen molar-refractivity contribution in [1.29, 1.82) is 0 Å². The van der Waals surface area contributed by atoms with E-state index in [1.54, 1.807) is 15.6 Å². The smallest absolute Gasteiger partial charge is 0.242 e. The Bertz CT molecular complexity index is 631. The van der Waals surface area contributed by atoms with Gasteiger partial charge in [0.1, 0.15) is 6.54 Å². The van der Waals surface area contributed by atoms with Gasteiger partial charge in [-0.25, -0.2) is 0 Å². The Morgan fingerprint density at radius 2 is 2.20 bits per heavy atom. The van der Waals surface area contributed by atoms with Gasteiger partial charge < -0.3 is 5.32 Å². The number of nitrogens with one attached hydrogen (secondary N) is 1. The van der Waals surface area contributed by atoms with Gasteiger partial charge in [0.15, 0.2) is 0 Å². The minimum atomic E-state index is -0.108. The maximum atomic E-state index is 12.0. The Balaban J connectivity index is 2.01. The van der Waals surface area contributed by atoms with Crippen LogP contribution in [0.4, 0.5) is 0 Å². The van der Waals surface area contributed by atoms with Crippen molar-refractivity contribution in [3.8, 4) is 0 Å². The van der Waals surface area contributed by atoms with Crippen molar-refractivity contribution in [3.63, 3.8) is 0 Å². The molecule has 0 aliphatic heterocycles. The molecule has 0 radical (unpaired) electrons. The van der Waals surface area contributed by atoms with E-state index in [4.69, 9.17) is 11.6 Å². The first-order valence-corrected chi connectivity index (χ1v) is 6.73. The van der Waals surface area contributed by atoms with Crippen LogP contribution in [0.25, 0.3) is 0 Å². The third kappa shape index (κ3) is 3.01. The molecule has 0 aromatic carbocycles. The van der Waals surface area contributed by atoms with Gasteiger partial charge in [-0.1, -0.05) is 11.6 Å². The van der Waals surface area contributed by atoms with E-state index in [1.807, 2.05) is 34.0 Å². The highest BCUT2D eigenvalue weighted by Crippen LogP contribution is 2.16. The molecular formula is C13H18ClN5O. The van der Waals surface area contributed by atoms with Gasteiger partial charge >= 0.3 is 0 Å². The van der Waals surface area contributed by atoms with Gasteiger partial charge in [0.05, 0.1) is 28.6 Å². The predicted molar refractivity (Wildman–Crippen MR) is 76.5 cm³/mol. The second kappa shape index (κ2) is 5.66. The molecule has 1 amide bonds. The molecule has 1 unspecified atom stereocenters. The van der Waals surface area contributed by atoms with Gasteiger partial charge in [-0.05, 0) is 20.8 Å². The maximum Gasteiger partial charge on any atom is 0.242 e. The number of halogens is 1. The number of nitrogens with zero attached hydrogens (tertiary/aromatic N) is 4. The Hall–Kier alpha value is -1.82. The summed E-state index contributed by atoms with van der Waals surface area (Å²) in [6.07, 6.45) is 3.45. The molecule has 0 fully saturated rings. The van der Waals surface area contributed by atoms with Crippen LogP contribution in [0.1, 0.15) is 29.9 Å². The third-order valence-electron chi connectivity index (χ3n) is 3.23. The SMILES string of the molecule is Cc1nn(C)cc1C(C)NC(=O)Cn1ncc(Cl)c1C. The molecule has 6 nitrogen and oxygen atoms in total. The van der Waals surface area contributed by atoms with Crippen LogP contribution in [-0.2, 0) is 18.4 Å². The summed E-state index contributed by atoms with van der Waals surface area (Å²) in [7, 11) is 1.86. The van der Waals surface area contributed by atoms with E-state index in [2.05, 4.69) is 15.5 Å². The van der Waals surface area contributed by atoms with Crippen LogP contribution in [0.5, 0.6) is 0 Å². The number of carbonyl (C=O) groups is 1. The number of hydrogen-bond donors (Lipinski definition) is 1. The lowest BCUT2D eigenvalue weighted by Gasteiger charge is -2.13. The molecule has 2 aromatic heterocycles. The van der Waals surface area contributed by atoms with E-state index in [0.29, 0.717) is 5.02 Å². The Kier molecular flexibility index (Phi) is 4.13. The van der Waals surface area contributed by atoms with Crippen molar-refractivity contribution in [2.75, 3.05) is 0 Å². The second-order valence-corrected chi connectivity index (χ2v) is 5.28. The topological polar surface area (TPSA) is 64.7 Å². The fraction of sp³-hybridized carbons (Fsp3) is 0.462. The molecule has 0 aliphatic carbocycles. The van der Waals surface area contributed by atoms with Gasteiger partial charge in [0.2, 0.25) is 5.91 Å². The summed E-state index contributed by atoms with van der Waals surface area (Å²) in [5.41, 5.74) is 2.71. The highest BCUT2D eigenvalue weighted by molar-refractivity contribution is 6.31. The van der Waals surface area contributed by atoms with Crippen LogP contribution in [0, 0.1) is 13.8 Å². The molecule has 108 valence electrons. The first-order chi connectivity index (χ1) is 9.38. The Morgan fingerprint density at radius 1 is 1.50 bits per heavy atom. The molecule has 0 saturated heterocycles. The Morgan fingerprint density at radius 3 is 2.70 bits per heavy atom. The lowest BCUT2D eigenvalue weighted by Crippen LogP contribution is -2.30. The molecule has 20 heavy (non-hydrogen) atoms. The molecule has 1 atom stereocenters. The summed E-state index contributed by atoms with van der Waals surface area (Å²) < 4.78 is 3.32. The van der Waals surface area contributed by atoms with Crippen LogP contribution >= 0.6 is 11.6 Å². The zero-order valence-electron chi connectivity index (χ0n) is 12.0. The lowest BCUT2D eigenvalue weighted by molar-refractivity contribution is -0.122. The lowest BCUT2D eigenvalue weighted by atomic mass is 10.1. The zero-order chi connectivity index (χ0) is 14.9. The van der Waals surface area contributed by atoms with Crippen molar-refractivity contribution in [2.45, 2.75) is 33.4 Å². The fourth-order valence-electron chi connectivity index (χ4n) is 2.13. The van der Waals surface area contributed by atoms with Crippen molar-refractivity contribution < 1.29 is 4.79 Å². The van der Waals surface area contributed by atoms with Gasteiger partial charge in [0.25, 0.3) is 0 Å². The number of hydrogen-bond acceptors (Lipinski definition) is 3. The molecule has 0 saturated carbocycles. The molecule has 1 N–H and O–H groups in total. The van der Waals surface area contributed by atoms with Crippen LogP contribution in [0.2, 0.25) is 5.02 Å². The third-order valence-corrected chi connectivity index (χ3v) is 3.60. The summed E-state index contributed by atoms with van der Waals surface area (Å²) in [5.74, 6) is -0.108. The quantitative estimate of drug-likeness (QED) is 0.935. The van der Waals surface area contributed by atoms with Crippen molar-refractivity contribution in [1.82, 2.24) is 24.9 Å². The van der Waals surface area contributed by atoms with Crippen molar-refractivity contribution in [2.24, 2.45) is 7.05 Å². The summed E-state index contributed by atoms with van der Waals surface area (Å²) in [6.45, 7) is 5.85. The van der Waals surface area contributed by atoms with E-state index in [0.717, 1.165) is 17.0 Å². The first kappa shape index (κ1) is 14.6. The van der Waals surface area contributed by atoms with E-state index in [1.165, 1.54) is 0 Å². The Labute approximate surface area is 122 Å². The van der Waals surface area contributed by atoms with Crippen LogP contribution < -0.4 is 5.32 Å². The van der Waals surface area contributed by atoms with Gasteiger partial charge in [-0.2, -0.15) is 10.2 Å². The highest BCUT2D eigenvalue weighted by Gasteiger charge is 2.15. The molecule has 0 spiro atoms. The second-order valence-electron chi connectivity index (χ2n) is 4.87. The van der Waals surface area contributed by atoms with Crippen molar-refractivity contribution >= 4 is 17.5 Å². The number of rotatable bonds is 4. The molecule has 2 heterocycles. The molecule has 0 aliphatic rings.